The third kappa shape index (κ3) is 3.80. The predicted molar refractivity (Wildman–Crippen MR) is 69.7 cm³/mol. The maximum atomic E-state index is 13.5. The Balaban J connectivity index is 1.82. The minimum atomic E-state index is -1.44. The molecule has 0 saturated heterocycles. The van der Waals surface area contributed by atoms with Gasteiger partial charge in [0.05, 0.1) is 11.3 Å². The van der Waals surface area contributed by atoms with E-state index in [2.05, 4.69) is 6.92 Å². The third-order valence-electron chi connectivity index (χ3n) is 4.30. The molecule has 2 aliphatic carbocycles. The van der Waals surface area contributed by atoms with Gasteiger partial charge in [-0.2, -0.15) is 0 Å². The van der Waals surface area contributed by atoms with Gasteiger partial charge in [-0.1, -0.05) is 6.92 Å². The molecule has 0 aromatic rings. The van der Waals surface area contributed by atoms with Crippen LogP contribution in [-0.4, -0.2) is 29.8 Å². The number of rotatable bonds is 2. The summed E-state index contributed by atoms with van der Waals surface area (Å²) in [6.45, 7) is 2.17. The summed E-state index contributed by atoms with van der Waals surface area (Å²) in [5.41, 5.74) is 0. The van der Waals surface area contributed by atoms with Crippen LogP contribution in [-0.2, 0) is 9.53 Å². The maximum Gasteiger partial charge on any atom is 0.309 e. The summed E-state index contributed by atoms with van der Waals surface area (Å²) >= 11 is 5.59. The van der Waals surface area contributed by atoms with Crippen molar-refractivity contribution in [1.82, 2.24) is 0 Å². The molecule has 110 valence electrons. The summed E-state index contributed by atoms with van der Waals surface area (Å²) in [5, 5.41) is -1.11. The van der Waals surface area contributed by atoms with Gasteiger partial charge in [0.1, 0.15) is 18.4 Å². The van der Waals surface area contributed by atoms with Gasteiger partial charge in [-0.15, -0.1) is 11.6 Å². The van der Waals surface area contributed by atoms with E-state index in [0.29, 0.717) is 5.92 Å². The fourth-order valence-corrected chi connectivity index (χ4v) is 3.14. The van der Waals surface area contributed by atoms with Crippen molar-refractivity contribution in [2.45, 2.75) is 69.3 Å². The number of halogens is 3. The van der Waals surface area contributed by atoms with Gasteiger partial charge in [-0.05, 0) is 31.6 Å². The van der Waals surface area contributed by atoms with Gasteiger partial charge < -0.3 is 4.74 Å². The van der Waals surface area contributed by atoms with Crippen molar-refractivity contribution in [2.24, 2.45) is 11.8 Å². The minimum absolute atomic E-state index is 0.0173. The summed E-state index contributed by atoms with van der Waals surface area (Å²) in [7, 11) is 0. The van der Waals surface area contributed by atoms with Gasteiger partial charge in [-0.25, -0.2) is 8.78 Å². The van der Waals surface area contributed by atoms with E-state index in [0.717, 1.165) is 25.7 Å². The molecule has 19 heavy (non-hydrogen) atoms. The van der Waals surface area contributed by atoms with E-state index in [1.165, 1.54) is 0 Å². The zero-order valence-electron chi connectivity index (χ0n) is 11.2. The van der Waals surface area contributed by atoms with Crippen LogP contribution in [0.25, 0.3) is 0 Å². The molecule has 2 aliphatic rings. The Morgan fingerprint density at radius 2 is 1.63 bits per heavy atom. The van der Waals surface area contributed by atoms with Crippen LogP contribution in [0.2, 0.25) is 0 Å². The standard InChI is InChI=1S/C14H21ClF2O2/c1-8-2-4-9(5-3-8)14(18)19-10-6-11(16)13(15)12(17)7-10/h8-13H,2-7H2,1H3. The van der Waals surface area contributed by atoms with Crippen LogP contribution in [0.4, 0.5) is 8.78 Å². The second-order valence-corrected chi connectivity index (χ2v) is 6.47. The molecule has 5 heteroatoms. The van der Waals surface area contributed by atoms with Crippen LogP contribution >= 0.6 is 11.6 Å². The Morgan fingerprint density at radius 3 is 2.16 bits per heavy atom. The average molecular weight is 295 g/mol. The molecule has 2 atom stereocenters. The van der Waals surface area contributed by atoms with Crippen LogP contribution in [0.3, 0.4) is 0 Å². The van der Waals surface area contributed by atoms with Crippen molar-refractivity contribution in [1.29, 1.82) is 0 Å². The van der Waals surface area contributed by atoms with Crippen molar-refractivity contribution < 1.29 is 18.3 Å². The smallest absolute Gasteiger partial charge is 0.309 e. The van der Waals surface area contributed by atoms with Crippen LogP contribution in [0.1, 0.15) is 45.4 Å². The first kappa shape index (κ1) is 15.0. The lowest BCUT2D eigenvalue weighted by Gasteiger charge is -2.32. The molecule has 0 amide bonds. The molecule has 0 spiro atoms. The molecule has 2 saturated carbocycles. The summed E-state index contributed by atoms with van der Waals surface area (Å²) in [6.07, 6.45) is 0.187. The lowest BCUT2D eigenvalue weighted by Crippen LogP contribution is -2.41. The first-order chi connectivity index (χ1) is 8.97. The summed E-state index contributed by atoms with van der Waals surface area (Å²) in [4.78, 5) is 12.0. The first-order valence-electron chi connectivity index (χ1n) is 7.10. The molecule has 2 unspecified atom stereocenters. The second kappa shape index (κ2) is 6.38. The van der Waals surface area contributed by atoms with E-state index in [9.17, 15) is 13.6 Å². The molecule has 0 bridgehead atoms. The number of hydrogen-bond donors (Lipinski definition) is 0. The molecule has 2 rings (SSSR count). The predicted octanol–water partition coefficient (Wildman–Crippen LogP) is 3.80. The highest BCUT2D eigenvalue weighted by Crippen LogP contribution is 2.33. The first-order valence-corrected chi connectivity index (χ1v) is 7.53. The van der Waals surface area contributed by atoms with Gasteiger partial charge in [-0.3, -0.25) is 4.79 Å². The number of carbonyl (C=O) groups excluding carboxylic acids is 1. The SMILES string of the molecule is CC1CCC(C(=O)OC2CC(F)C(Cl)C(F)C2)CC1. The van der Waals surface area contributed by atoms with Crippen molar-refractivity contribution >= 4 is 17.6 Å². The Kier molecular flexibility index (Phi) is 5.04. The van der Waals surface area contributed by atoms with Crippen molar-refractivity contribution in [2.75, 3.05) is 0 Å². The zero-order valence-corrected chi connectivity index (χ0v) is 11.9. The summed E-state index contributed by atoms with van der Waals surface area (Å²) in [6, 6.07) is 0. The van der Waals surface area contributed by atoms with Crippen molar-refractivity contribution in [3.05, 3.63) is 0 Å². The second-order valence-electron chi connectivity index (χ2n) is 5.96. The molecule has 0 aromatic heterocycles. The molecule has 0 heterocycles. The maximum absolute atomic E-state index is 13.5. The van der Waals surface area contributed by atoms with E-state index in [4.69, 9.17) is 16.3 Å². The average Bonchev–Trinajstić information content (AvgIpc) is 2.36. The number of esters is 1. The van der Waals surface area contributed by atoms with E-state index in [1.807, 2.05) is 0 Å². The van der Waals surface area contributed by atoms with E-state index in [1.54, 1.807) is 0 Å². The Bertz CT molecular complexity index is 307. The summed E-state index contributed by atoms with van der Waals surface area (Å²) in [5.74, 6) is 0.270. The number of carbonyl (C=O) groups is 1. The van der Waals surface area contributed by atoms with Crippen LogP contribution < -0.4 is 0 Å². The molecule has 0 aromatic carbocycles. The minimum Gasteiger partial charge on any atom is -0.462 e. The quantitative estimate of drug-likeness (QED) is 0.572. The van der Waals surface area contributed by atoms with Gasteiger partial charge in [0, 0.05) is 12.8 Å². The molecule has 0 N–H and O–H groups in total. The monoisotopic (exact) mass is 294 g/mol. The van der Waals surface area contributed by atoms with Crippen LogP contribution in [0.15, 0.2) is 0 Å². The highest BCUT2D eigenvalue weighted by atomic mass is 35.5. The molecule has 0 radical (unpaired) electrons. The Morgan fingerprint density at radius 1 is 1.11 bits per heavy atom. The van der Waals surface area contributed by atoms with Gasteiger partial charge in [0.2, 0.25) is 0 Å². The van der Waals surface area contributed by atoms with Crippen LogP contribution in [0.5, 0.6) is 0 Å². The highest BCUT2D eigenvalue weighted by Gasteiger charge is 2.39. The third-order valence-corrected chi connectivity index (χ3v) is 4.85. The molecule has 2 fully saturated rings. The fraction of sp³-hybridized carbons (Fsp3) is 0.929. The largest absolute Gasteiger partial charge is 0.462 e. The van der Waals surface area contributed by atoms with E-state index in [-0.39, 0.29) is 24.7 Å². The van der Waals surface area contributed by atoms with Crippen LogP contribution in [0, 0.1) is 11.8 Å². The number of hydrogen-bond acceptors (Lipinski definition) is 2. The lowest BCUT2D eigenvalue weighted by molar-refractivity contribution is -0.159. The molecule has 0 aliphatic heterocycles. The number of ether oxygens (including phenoxy) is 1. The van der Waals surface area contributed by atoms with Gasteiger partial charge in [0.25, 0.3) is 0 Å². The number of alkyl halides is 3. The molecular formula is C14H21ClF2O2. The van der Waals surface area contributed by atoms with Gasteiger partial charge >= 0.3 is 5.97 Å². The summed E-state index contributed by atoms with van der Waals surface area (Å²) < 4.78 is 32.2. The van der Waals surface area contributed by atoms with Gasteiger partial charge in [0.15, 0.2) is 0 Å². The zero-order chi connectivity index (χ0) is 14.0. The lowest BCUT2D eigenvalue weighted by atomic mass is 9.83. The van der Waals surface area contributed by atoms with E-state index < -0.39 is 23.8 Å². The fourth-order valence-electron chi connectivity index (χ4n) is 2.94. The Hall–Kier alpha value is -0.380. The topological polar surface area (TPSA) is 26.3 Å². The normalized spacial score (nSPS) is 43.8. The van der Waals surface area contributed by atoms with Crippen molar-refractivity contribution in [3.8, 4) is 0 Å². The Labute approximate surface area is 117 Å². The van der Waals surface area contributed by atoms with Crippen molar-refractivity contribution in [3.63, 3.8) is 0 Å². The molecular weight excluding hydrogens is 274 g/mol. The highest BCUT2D eigenvalue weighted by molar-refractivity contribution is 6.21. The molecule has 2 nitrogen and oxygen atoms in total. The van der Waals surface area contributed by atoms with E-state index >= 15 is 0 Å².